The minimum Gasteiger partial charge on any atom is -0.378 e. The van der Waals surface area contributed by atoms with E-state index in [1.807, 2.05) is 11.0 Å². The minimum atomic E-state index is -0.207. The number of piperidine rings is 1. The summed E-state index contributed by atoms with van der Waals surface area (Å²) in [6.45, 7) is 8.02. The van der Waals surface area contributed by atoms with Gasteiger partial charge in [0.2, 0.25) is 5.91 Å². The van der Waals surface area contributed by atoms with Gasteiger partial charge in [-0.25, -0.2) is 4.79 Å². The number of aromatic nitrogens is 2. The van der Waals surface area contributed by atoms with Crippen LogP contribution in [0, 0.1) is 0 Å². The average Bonchev–Trinajstić information content (AvgIpc) is 3.47. The molecule has 4 heterocycles. The molecule has 0 radical (unpaired) electrons. The van der Waals surface area contributed by atoms with Gasteiger partial charge in [0, 0.05) is 68.2 Å². The van der Waals surface area contributed by atoms with Crippen LogP contribution in [0.15, 0.2) is 30.5 Å². The Hall–Kier alpha value is -2.62. The van der Waals surface area contributed by atoms with Crippen LogP contribution in [0.25, 0.3) is 0 Å². The van der Waals surface area contributed by atoms with Crippen molar-refractivity contribution in [1.82, 2.24) is 19.6 Å². The average molecular weight is 501 g/mol. The summed E-state index contributed by atoms with van der Waals surface area (Å²) in [5, 5.41) is 7.58. The van der Waals surface area contributed by atoms with Crippen molar-refractivity contribution in [3.05, 3.63) is 41.0 Å². The van der Waals surface area contributed by atoms with Crippen molar-refractivity contribution in [1.29, 1.82) is 0 Å². The first kappa shape index (κ1) is 24.1. The molecule has 0 unspecified atom stereocenters. The number of nitrogens with zero attached hydrogens (tertiary/aromatic N) is 5. The van der Waals surface area contributed by atoms with Crippen LogP contribution in [0.1, 0.15) is 38.2 Å². The van der Waals surface area contributed by atoms with Crippen molar-refractivity contribution in [2.75, 3.05) is 56.2 Å². The number of carbonyl (C=O) groups is 2. The number of halogens is 1. The highest BCUT2D eigenvalue weighted by molar-refractivity contribution is 6.30. The van der Waals surface area contributed by atoms with Crippen molar-refractivity contribution >= 4 is 35.0 Å². The smallest absolute Gasteiger partial charge is 0.344 e. The summed E-state index contributed by atoms with van der Waals surface area (Å²) in [7, 11) is 0. The van der Waals surface area contributed by atoms with Crippen LogP contribution in [-0.4, -0.2) is 83.0 Å². The second kappa shape index (κ2) is 10.2. The highest BCUT2D eigenvalue weighted by atomic mass is 35.5. The zero-order valence-corrected chi connectivity index (χ0v) is 21.0. The molecule has 3 aliphatic heterocycles. The van der Waals surface area contributed by atoms with Crippen LogP contribution in [0.3, 0.4) is 0 Å². The number of carbonyl (C=O) groups excluding carboxylic acids is 2. The monoisotopic (exact) mass is 500 g/mol. The molecule has 5 rings (SSSR count). The molecule has 3 fully saturated rings. The molecule has 1 N–H and O–H groups in total. The van der Waals surface area contributed by atoms with E-state index in [9.17, 15) is 9.59 Å². The van der Waals surface area contributed by atoms with Crippen LogP contribution in [0.2, 0.25) is 5.02 Å². The van der Waals surface area contributed by atoms with Crippen LogP contribution in [-0.2, 0) is 16.1 Å². The van der Waals surface area contributed by atoms with Gasteiger partial charge in [-0.3, -0.25) is 9.69 Å². The molecule has 3 saturated heterocycles. The van der Waals surface area contributed by atoms with Crippen molar-refractivity contribution < 1.29 is 14.3 Å². The summed E-state index contributed by atoms with van der Waals surface area (Å²) in [5.41, 5.74) is 2.63. The molecule has 1 aromatic carbocycles. The molecule has 0 saturated carbocycles. The van der Waals surface area contributed by atoms with E-state index >= 15 is 0 Å². The number of likely N-dealkylation sites (tertiary alicyclic amines) is 2. The van der Waals surface area contributed by atoms with Gasteiger partial charge in [-0.05, 0) is 49.9 Å². The largest absolute Gasteiger partial charge is 0.378 e. The number of hydrogen-bond acceptors (Lipinski definition) is 6. The van der Waals surface area contributed by atoms with Gasteiger partial charge >= 0.3 is 6.03 Å². The normalized spacial score (nSPS) is 20.4. The molecule has 9 nitrogen and oxygen atoms in total. The van der Waals surface area contributed by atoms with E-state index in [-0.39, 0.29) is 17.5 Å². The molecule has 0 aliphatic carbocycles. The predicted octanol–water partition coefficient (Wildman–Crippen LogP) is 3.43. The maximum absolute atomic E-state index is 13.0. The number of benzene rings is 1. The third-order valence-electron chi connectivity index (χ3n) is 7.56. The first-order chi connectivity index (χ1) is 16.9. The predicted molar refractivity (Wildman–Crippen MR) is 135 cm³/mol. The van der Waals surface area contributed by atoms with Crippen molar-refractivity contribution in [2.24, 2.45) is 0 Å². The Morgan fingerprint density at radius 3 is 2.60 bits per heavy atom. The molecule has 35 heavy (non-hydrogen) atoms. The number of ether oxygens (including phenoxy) is 1. The lowest BCUT2D eigenvalue weighted by Gasteiger charge is -2.45. The van der Waals surface area contributed by atoms with Crippen molar-refractivity contribution in [2.45, 2.75) is 44.7 Å². The molecule has 1 aromatic heterocycles. The van der Waals surface area contributed by atoms with Crippen molar-refractivity contribution in [3.63, 3.8) is 0 Å². The zero-order valence-electron chi connectivity index (χ0n) is 20.2. The number of rotatable bonds is 4. The molecule has 2 amide bonds. The number of nitrogens with one attached hydrogen (secondary N) is 1. The Kier molecular flexibility index (Phi) is 7.00. The van der Waals surface area contributed by atoms with E-state index in [1.54, 1.807) is 12.3 Å². The van der Waals surface area contributed by atoms with Gasteiger partial charge in [-0.15, -0.1) is 5.10 Å². The molecular formula is C25H33ClN6O3. The van der Waals surface area contributed by atoms with Crippen LogP contribution in [0.5, 0.6) is 0 Å². The summed E-state index contributed by atoms with van der Waals surface area (Å²) >= 11 is 6.38. The number of amides is 2. The summed E-state index contributed by atoms with van der Waals surface area (Å²) in [4.78, 5) is 31.1. The Bertz CT molecular complexity index is 1070. The molecule has 0 atom stereocenters. The Labute approximate surface area is 210 Å². The van der Waals surface area contributed by atoms with Crippen molar-refractivity contribution in [3.8, 4) is 0 Å². The fourth-order valence-corrected chi connectivity index (χ4v) is 5.89. The third kappa shape index (κ3) is 5.17. The van der Waals surface area contributed by atoms with E-state index in [1.165, 1.54) is 29.3 Å². The second-order valence-corrected chi connectivity index (χ2v) is 10.2. The molecule has 0 bridgehead atoms. The molecule has 2 aromatic rings. The van der Waals surface area contributed by atoms with Gasteiger partial charge in [-0.2, -0.15) is 4.68 Å². The van der Waals surface area contributed by atoms with Gasteiger partial charge in [0.05, 0.1) is 13.2 Å². The first-order valence-corrected chi connectivity index (χ1v) is 12.8. The molecular weight excluding hydrogens is 468 g/mol. The molecule has 10 heteroatoms. The Morgan fingerprint density at radius 1 is 1.09 bits per heavy atom. The lowest BCUT2D eigenvalue weighted by atomic mass is 9.84. The Balaban J connectivity index is 1.26. The van der Waals surface area contributed by atoms with E-state index in [2.05, 4.69) is 32.3 Å². The van der Waals surface area contributed by atoms with Gasteiger partial charge < -0.3 is 19.9 Å². The fourth-order valence-electron chi connectivity index (χ4n) is 5.72. The maximum atomic E-state index is 13.0. The van der Waals surface area contributed by atoms with E-state index in [4.69, 9.17) is 16.3 Å². The Morgan fingerprint density at radius 2 is 1.86 bits per heavy atom. The molecule has 1 spiro atoms. The highest BCUT2D eigenvalue weighted by Gasteiger charge is 2.44. The van der Waals surface area contributed by atoms with E-state index < -0.39 is 0 Å². The SMILES string of the molecule is CC(=O)Nc1ccn(C(=O)N2CCC3(CCCN3Cc3ccc(Cl)cc3N3CCOCC3)CC2)n1. The number of morpholine rings is 1. The van der Waals surface area contributed by atoms with E-state index in [0.717, 1.165) is 63.7 Å². The lowest BCUT2D eigenvalue weighted by molar-refractivity contribution is -0.114. The number of hydrogen-bond donors (Lipinski definition) is 1. The van der Waals surface area contributed by atoms with Gasteiger partial charge in [0.25, 0.3) is 0 Å². The highest BCUT2D eigenvalue weighted by Crippen LogP contribution is 2.40. The zero-order chi connectivity index (χ0) is 24.4. The minimum absolute atomic E-state index is 0.115. The van der Waals surface area contributed by atoms with Crippen LogP contribution in [0.4, 0.5) is 16.3 Å². The maximum Gasteiger partial charge on any atom is 0.344 e. The molecule has 188 valence electrons. The molecule has 3 aliphatic rings. The van der Waals surface area contributed by atoms with E-state index in [0.29, 0.717) is 18.9 Å². The fraction of sp³-hybridized carbons (Fsp3) is 0.560. The lowest BCUT2D eigenvalue weighted by Crippen LogP contribution is -2.53. The van der Waals surface area contributed by atoms with Crippen LogP contribution >= 0.6 is 11.6 Å². The summed E-state index contributed by atoms with van der Waals surface area (Å²) in [6.07, 6.45) is 5.82. The summed E-state index contributed by atoms with van der Waals surface area (Å²) in [6, 6.07) is 7.74. The summed E-state index contributed by atoms with van der Waals surface area (Å²) in [5.74, 6) is 0.182. The number of anilines is 2. The quantitative estimate of drug-likeness (QED) is 0.692. The standard InChI is InChI=1S/C25H33ClN6O3/c1-19(33)27-23-5-10-32(28-23)24(34)30-11-7-25(8-12-30)6-2-9-31(25)18-20-3-4-21(26)17-22(20)29-13-15-35-16-14-29/h3-5,10,17H,2,6-9,11-16,18H2,1H3,(H,27,28,33). The van der Waals surface area contributed by atoms with Gasteiger partial charge in [0.1, 0.15) is 0 Å². The van der Waals surface area contributed by atoms with Gasteiger partial charge in [-0.1, -0.05) is 17.7 Å². The first-order valence-electron chi connectivity index (χ1n) is 12.4. The second-order valence-electron chi connectivity index (χ2n) is 9.72. The topological polar surface area (TPSA) is 82.9 Å². The van der Waals surface area contributed by atoms with Crippen LogP contribution < -0.4 is 10.2 Å². The van der Waals surface area contributed by atoms with Gasteiger partial charge in [0.15, 0.2) is 5.82 Å². The summed E-state index contributed by atoms with van der Waals surface area (Å²) < 4.78 is 6.87. The third-order valence-corrected chi connectivity index (χ3v) is 7.79.